The number of hydrogen-bond donors (Lipinski definition) is 2. The second-order valence-electron chi connectivity index (χ2n) is 6.89. The first-order chi connectivity index (χ1) is 12.1. The second kappa shape index (κ2) is 7.05. The molecule has 8 heteroatoms. The molecule has 1 aromatic rings. The maximum absolute atomic E-state index is 11.5. The monoisotopic (exact) mass is 351 g/mol. The van der Waals surface area contributed by atoms with Crippen molar-refractivity contribution < 1.29 is 23.8 Å². The van der Waals surface area contributed by atoms with Crippen molar-refractivity contribution in [3.05, 3.63) is 24.2 Å². The first kappa shape index (κ1) is 17.0. The van der Waals surface area contributed by atoms with E-state index < -0.39 is 12.4 Å². The van der Waals surface area contributed by atoms with E-state index in [-0.39, 0.29) is 24.1 Å². The Hall–Kier alpha value is -1.45. The minimum absolute atomic E-state index is 0.0928. The topological polar surface area (TPSA) is 87.4 Å². The van der Waals surface area contributed by atoms with Crippen molar-refractivity contribution in [2.45, 2.75) is 44.1 Å². The van der Waals surface area contributed by atoms with Crippen LogP contribution in [0, 0.1) is 0 Å². The number of aliphatic hydroxyl groups excluding tert-OH is 1. The summed E-state index contributed by atoms with van der Waals surface area (Å²) in [6.07, 6.45) is 0.456. The van der Waals surface area contributed by atoms with E-state index in [0.29, 0.717) is 39.3 Å². The molecule has 0 radical (unpaired) electrons. The molecular formula is C17H25N3O5. The fourth-order valence-electron chi connectivity index (χ4n) is 4.01. The predicted octanol–water partition coefficient (Wildman–Crippen LogP) is -0.613. The van der Waals surface area contributed by atoms with Gasteiger partial charge in [0.05, 0.1) is 37.6 Å². The van der Waals surface area contributed by atoms with Crippen LogP contribution in [0.4, 0.5) is 0 Å². The highest BCUT2D eigenvalue weighted by molar-refractivity contribution is 5.73. The van der Waals surface area contributed by atoms with Crippen LogP contribution in [-0.2, 0) is 20.8 Å². The van der Waals surface area contributed by atoms with Crippen LogP contribution in [0.3, 0.4) is 0 Å². The zero-order valence-electron chi connectivity index (χ0n) is 14.3. The molecule has 3 saturated heterocycles. The molecule has 25 heavy (non-hydrogen) atoms. The Morgan fingerprint density at radius 3 is 2.84 bits per heavy atom. The lowest BCUT2D eigenvalue weighted by atomic mass is 9.94. The van der Waals surface area contributed by atoms with Crippen molar-refractivity contribution in [1.82, 2.24) is 15.1 Å². The maximum Gasteiger partial charge on any atom is 0.219 e. The van der Waals surface area contributed by atoms with Crippen molar-refractivity contribution in [3.8, 4) is 0 Å². The van der Waals surface area contributed by atoms with Crippen molar-refractivity contribution in [3.63, 3.8) is 0 Å². The highest BCUT2D eigenvalue weighted by Gasteiger charge is 2.52. The van der Waals surface area contributed by atoms with Gasteiger partial charge in [-0.15, -0.1) is 0 Å². The lowest BCUT2D eigenvalue weighted by Crippen LogP contribution is -2.66. The van der Waals surface area contributed by atoms with Gasteiger partial charge in [0, 0.05) is 33.1 Å². The van der Waals surface area contributed by atoms with E-state index in [1.165, 1.54) is 0 Å². The Labute approximate surface area is 146 Å². The minimum atomic E-state index is -0.606. The summed E-state index contributed by atoms with van der Waals surface area (Å²) in [7, 11) is 0. The molecule has 2 N–H and O–H groups in total. The van der Waals surface area contributed by atoms with E-state index in [0.717, 1.165) is 5.76 Å². The summed E-state index contributed by atoms with van der Waals surface area (Å²) >= 11 is 0. The molecule has 0 spiro atoms. The molecule has 1 amide bonds. The van der Waals surface area contributed by atoms with Gasteiger partial charge in [0.15, 0.2) is 6.29 Å². The SMILES string of the molecule is CC(=O)N1CCN([C@@H]2[C@@H]3OC[C@H](O3)[C@@H](NCc3ccco3)[C@@H]2O)CC1. The number of amides is 1. The summed E-state index contributed by atoms with van der Waals surface area (Å²) in [5.74, 6) is 0.912. The van der Waals surface area contributed by atoms with E-state index in [4.69, 9.17) is 13.9 Å². The van der Waals surface area contributed by atoms with E-state index in [2.05, 4.69) is 10.2 Å². The lowest BCUT2D eigenvalue weighted by Gasteiger charge is -2.46. The van der Waals surface area contributed by atoms with Crippen LogP contribution >= 0.6 is 0 Å². The number of rotatable bonds is 4. The maximum atomic E-state index is 11.5. The van der Waals surface area contributed by atoms with E-state index in [9.17, 15) is 9.90 Å². The molecule has 2 bridgehead atoms. The average molecular weight is 351 g/mol. The lowest BCUT2D eigenvalue weighted by molar-refractivity contribution is -0.187. The number of ether oxygens (including phenoxy) is 2. The number of piperazine rings is 1. The van der Waals surface area contributed by atoms with Crippen LogP contribution in [0.5, 0.6) is 0 Å². The highest BCUT2D eigenvalue weighted by atomic mass is 16.7. The van der Waals surface area contributed by atoms with Gasteiger partial charge in [0.25, 0.3) is 0 Å². The van der Waals surface area contributed by atoms with Gasteiger partial charge < -0.3 is 29.2 Å². The summed E-state index contributed by atoms with van der Waals surface area (Å²) in [6, 6.07) is 3.29. The Morgan fingerprint density at radius 1 is 1.36 bits per heavy atom. The van der Waals surface area contributed by atoms with Crippen molar-refractivity contribution >= 4 is 5.91 Å². The first-order valence-corrected chi connectivity index (χ1v) is 8.84. The smallest absolute Gasteiger partial charge is 0.219 e. The summed E-state index contributed by atoms with van der Waals surface area (Å²) in [5, 5.41) is 14.3. The van der Waals surface area contributed by atoms with Gasteiger partial charge in [0.1, 0.15) is 11.9 Å². The number of aliphatic hydroxyl groups is 1. The van der Waals surface area contributed by atoms with E-state index >= 15 is 0 Å². The molecule has 5 atom stereocenters. The number of carbonyl (C=O) groups excluding carboxylic acids is 1. The number of carbonyl (C=O) groups is 1. The zero-order chi connectivity index (χ0) is 17.4. The molecule has 3 aliphatic rings. The third kappa shape index (κ3) is 3.32. The van der Waals surface area contributed by atoms with Crippen molar-refractivity contribution in [2.24, 2.45) is 0 Å². The molecule has 0 unspecified atom stereocenters. The molecular weight excluding hydrogens is 326 g/mol. The van der Waals surface area contributed by atoms with Gasteiger partial charge >= 0.3 is 0 Å². The van der Waals surface area contributed by atoms with E-state index in [1.807, 2.05) is 17.0 Å². The molecule has 138 valence electrons. The largest absolute Gasteiger partial charge is 0.468 e. The van der Waals surface area contributed by atoms with E-state index in [1.54, 1.807) is 13.2 Å². The standard InChI is InChI=1S/C17H25N3O5/c1-11(21)19-4-6-20(7-5-19)15-16(22)14(13-10-24-17(15)25-13)18-9-12-3-2-8-23-12/h2-3,8,13-18,22H,4-7,9-10H2,1H3/t13-,14+,15-,16-,17+/m0/s1. The molecule has 1 aromatic heterocycles. The Bertz CT molecular complexity index is 587. The summed E-state index contributed by atoms with van der Waals surface area (Å²) in [6.45, 7) is 5.34. The average Bonchev–Trinajstić information content (AvgIpc) is 3.26. The molecule has 3 aliphatic heterocycles. The fraction of sp³-hybridized carbons (Fsp3) is 0.706. The predicted molar refractivity (Wildman–Crippen MR) is 87.6 cm³/mol. The third-order valence-electron chi connectivity index (χ3n) is 5.40. The van der Waals surface area contributed by atoms with Gasteiger partial charge in [-0.05, 0) is 12.1 Å². The first-order valence-electron chi connectivity index (χ1n) is 8.84. The van der Waals surface area contributed by atoms with Crippen molar-refractivity contribution in [2.75, 3.05) is 32.8 Å². The van der Waals surface area contributed by atoms with Gasteiger partial charge in [-0.1, -0.05) is 0 Å². The van der Waals surface area contributed by atoms with Crippen LogP contribution in [-0.4, -0.2) is 84.2 Å². The summed E-state index contributed by atoms with van der Waals surface area (Å²) in [5.41, 5.74) is 0. The van der Waals surface area contributed by atoms with Crippen LogP contribution in [0.2, 0.25) is 0 Å². The Balaban J connectivity index is 1.42. The van der Waals surface area contributed by atoms with Gasteiger partial charge in [-0.25, -0.2) is 0 Å². The van der Waals surface area contributed by atoms with Crippen LogP contribution in [0.15, 0.2) is 22.8 Å². The second-order valence-corrected chi connectivity index (χ2v) is 6.89. The number of nitrogens with one attached hydrogen (secondary N) is 1. The summed E-state index contributed by atoms with van der Waals surface area (Å²) < 4.78 is 17.1. The number of furan rings is 1. The molecule has 0 aromatic carbocycles. The third-order valence-corrected chi connectivity index (χ3v) is 5.40. The van der Waals surface area contributed by atoms with Crippen LogP contribution < -0.4 is 5.32 Å². The van der Waals surface area contributed by atoms with Crippen LogP contribution in [0.1, 0.15) is 12.7 Å². The Morgan fingerprint density at radius 2 is 2.16 bits per heavy atom. The van der Waals surface area contributed by atoms with Gasteiger partial charge in [-0.2, -0.15) is 0 Å². The van der Waals surface area contributed by atoms with Gasteiger partial charge in [0.2, 0.25) is 5.91 Å². The normalized spacial score (nSPS) is 35.9. The quantitative estimate of drug-likeness (QED) is 0.748. The minimum Gasteiger partial charge on any atom is -0.468 e. The highest BCUT2D eigenvalue weighted by Crippen LogP contribution is 2.32. The molecule has 4 rings (SSSR count). The van der Waals surface area contributed by atoms with Gasteiger partial charge in [-0.3, -0.25) is 9.69 Å². The number of fused-ring (bicyclic) bond motifs is 2. The zero-order valence-corrected chi connectivity index (χ0v) is 14.3. The molecule has 4 heterocycles. The Kier molecular flexibility index (Phi) is 4.79. The number of nitrogens with zero attached hydrogens (tertiary/aromatic N) is 2. The van der Waals surface area contributed by atoms with Crippen molar-refractivity contribution in [1.29, 1.82) is 0 Å². The fourth-order valence-corrected chi connectivity index (χ4v) is 4.01. The number of hydrogen-bond acceptors (Lipinski definition) is 7. The summed E-state index contributed by atoms with van der Waals surface area (Å²) in [4.78, 5) is 15.5. The molecule has 8 nitrogen and oxygen atoms in total. The molecule has 3 fully saturated rings. The molecule has 0 aliphatic carbocycles. The van der Waals surface area contributed by atoms with Crippen LogP contribution in [0.25, 0.3) is 0 Å². The molecule has 0 saturated carbocycles.